The van der Waals surface area contributed by atoms with Gasteiger partial charge in [-0.3, -0.25) is 9.59 Å². The number of para-hydroxylation sites is 2. The zero-order valence-corrected chi connectivity index (χ0v) is 12.1. The second-order valence-corrected chi connectivity index (χ2v) is 4.91. The normalized spacial score (nSPS) is 15.1. The molecule has 0 spiro atoms. The molecule has 1 aliphatic heterocycles. The average Bonchev–Trinajstić information content (AvgIpc) is 2.48. The maximum atomic E-state index is 11.6. The van der Waals surface area contributed by atoms with Crippen LogP contribution in [0.25, 0.3) is 0 Å². The molecule has 1 aliphatic rings. The Morgan fingerprint density at radius 2 is 1.80 bits per heavy atom. The van der Waals surface area contributed by atoms with Crippen molar-refractivity contribution in [3.63, 3.8) is 0 Å². The Bertz CT molecular complexity index is 494. The number of nitrogens with zero attached hydrogens (tertiary/aromatic N) is 2. The smallest absolute Gasteiger partial charge is 0.224 e. The molecule has 0 atom stereocenters. The third-order valence-corrected chi connectivity index (χ3v) is 3.56. The molecule has 1 aromatic rings. The molecule has 2 rings (SSSR count). The van der Waals surface area contributed by atoms with Crippen LogP contribution in [-0.4, -0.2) is 42.9 Å². The number of piperazine rings is 1. The SMILES string of the molecule is CCC(=O)Nc1ccccc1N1CCN(C(C)=O)CC1. The van der Waals surface area contributed by atoms with Crippen molar-refractivity contribution in [1.82, 2.24) is 4.90 Å². The van der Waals surface area contributed by atoms with Gasteiger partial charge in [-0.1, -0.05) is 19.1 Å². The largest absolute Gasteiger partial charge is 0.366 e. The molecule has 0 radical (unpaired) electrons. The molecular formula is C15H21N3O2. The highest BCUT2D eigenvalue weighted by Crippen LogP contribution is 2.26. The number of nitrogens with one attached hydrogen (secondary N) is 1. The van der Waals surface area contributed by atoms with Crippen LogP contribution in [0.4, 0.5) is 11.4 Å². The number of hydrogen-bond donors (Lipinski definition) is 1. The lowest BCUT2D eigenvalue weighted by molar-refractivity contribution is -0.129. The van der Waals surface area contributed by atoms with Gasteiger partial charge in [0.2, 0.25) is 11.8 Å². The maximum Gasteiger partial charge on any atom is 0.224 e. The first-order valence-corrected chi connectivity index (χ1v) is 7.01. The van der Waals surface area contributed by atoms with Gasteiger partial charge in [-0.05, 0) is 12.1 Å². The third kappa shape index (κ3) is 3.29. The first kappa shape index (κ1) is 14.4. The molecule has 0 bridgehead atoms. The molecular weight excluding hydrogens is 254 g/mol. The van der Waals surface area contributed by atoms with Crippen LogP contribution < -0.4 is 10.2 Å². The van der Waals surface area contributed by atoms with E-state index in [4.69, 9.17) is 0 Å². The van der Waals surface area contributed by atoms with Gasteiger partial charge >= 0.3 is 0 Å². The Morgan fingerprint density at radius 1 is 1.15 bits per heavy atom. The Balaban J connectivity index is 2.09. The molecule has 1 saturated heterocycles. The van der Waals surface area contributed by atoms with Crippen LogP contribution in [0.1, 0.15) is 20.3 Å². The van der Waals surface area contributed by atoms with Crippen LogP contribution >= 0.6 is 0 Å². The van der Waals surface area contributed by atoms with Crippen molar-refractivity contribution in [1.29, 1.82) is 0 Å². The molecule has 0 aliphatic carbocycles. The van der Waals surface area contributed by atoms with E-state index >= 15 is 0 Å². The molecule has 0 unspecified atom stereocenters. The summed E-state index contributed by atoms with van der Waals surface area (Å²) < 4.78 is 0. The molecule has 1 aromatic carbocycles. The van der Waals surface area contributed by atoms with Crippen molar-refractivity contribution < 1.29 is 9.59 Å². The summed E-state index contributed by atoms with van der Waals surface area (Å²) in [7, 11) is 0. The number of rotatable bonds is 3. The van der Waals surface area contributed by atoms with E-state index in [0.29, 0.717) is 6.42 Å². The summed E-state index contributed by atoms with van der Waals surface area (Å²) in [5, 5.41) is 2.93. The molecule has 5 nitrogen and oxygen atoms in total. The van der Waals surface area contributed by atoms with Gasteiger partial charge in [-0.2, -0.15) is 0 Å². The van der Waals surface area contributed by atoms with Gasteiger partial charge in [-0.15, -0.1) is 0 Å². The summed E-state index contributed by atoms with van der Waals surface area (Å²) in [6, 6.07) is 7.81. The summed E-state index contributed by atoms with van der Waals surface area (Å²) in [4.78, 5) is 27.0. The minimum Gasteiger partial charge on any atom is -0.366 e. The summed E-state index contributed by atoms with van der Waals surface area (Å²) in [6.07, 6.45) is 0.465. The predicted octanol–water partition coefficient (Wildman–Crippen LogP) is 1.70. The summed E-state index contributed by atoms with van der Waals surface area (Å²) in [5.41, 5.74) is 1.87. The zero-order valence-electron chi connectivity index (χ0n) is 12.1. The van der Waals surface area contributed by atoms with E-state index in [-0.39, 0.29) is 11.8 Å². The van der Waals surface area contributed by atoms with Crippen molar-refractivity contribution in [2.24, 2.45) is 0 Å². The van der Waals surface area contributed by atoms with E-state index in [0.717, 1.165) is 37.6 Å². The van der Waals surface area contributed by atoms with Gasteiger partial charge in [0.25, 0.3) is 0 Å². The van der Waals surface area contributed by atoms with Crippen LogP contribution in [0.2, 0.25) is 0 Å². The number of amides is 2. The van der Waals surface area contributed by atoms with Crippen LogP contribution in [0.3, 0.4) is 0 Å². The number of carbonyl (C=O) groups excluding carboxylic acids is 2. The van der Waals surface area contributed by atoms with E-state index < -0.39 is 0 Å². The minimum absolute atomic E-state index is 0.0137. The van der Waals surface area contributed by atoms with Crippen LogP contribution in [0, 0.1) is 0 Å². The monoisotopic (exact) mass is 275 g/mol. The molecule has 1 N–H and O–H groups in total. The quantitative estimate of drug-likeness (QED) is 0.913. The van der Waals surface area contributed by atoms with Gasteiger partial charge in [0.05, 0.1) is 11.4 Å². The van der Waals surface area contributed by atoms with Gasteiger partial charge in [0.15, 0.2) is 0 Å². The molecule has 5 heteroatoms. The van der Waals surface area contributed by atoms with E-state index in [1.807, 2.05) is 36.1 Å². The Morgan fingerprint density at radius 3 is 2.40 bits per heavy atom. The molecule has 1 heterocycles. The fraction of sp³-hybridized carbons (Fsp3) is 0.467. The van der Waals surface area contributed by atoms with Gasteiger partial charge < -0.3 is 15.1 Å². The molecule has 0 aromatic heterocycles. The lowest BCUT2D eigenvalue weighted by atomic mass is 10.2. The summed E-state index contributed by atoms with van der Waals surface area (Å²) in [5.74, 6) is 0.136. The highest BCUT2D eigenvalue weighted by atomic mass is 16.2. The summed E-state index contributed by atoms with van der Waals surface area (Å²) in [6.45, 7) is 6.47. The first-order valence-electron chi connectivity index (χ1n) is 7.01. The second-order valence-electron chi connectivity index (χ2n) is 4.91. The standard InChI is InChI=1S/C15H21N3O2/c1-3-15(20)16-13-6-4-5-7-14(13)18-10-8-17(9-11-18)12(2)19/h4-7H,3,8-11H2,1-2H3,(H,16,20). The Labute approximate surface area is 119 Å². The average molecular weight is 275 g/mol. The topological polar surface area (TPSA) is 52.7 Å². The number of anilines is 2. The van der Waals surface area contributed by atoms with E-state index in [9.17, 15) is 9.59 Å². The van der Waals surface area contributed by atoms with Crippen molar-refractivity contribution in [2.45, 2.75) is 20.3 Å². The van der Waals surface area contributed by atoms with Crippen molar-refractivity contribution in [3.8, 4) is 0 Å². The van der Waals surface area contributed by atoms with Crippen molar-refractivity contribution >= 4 is 23.2 Å². The highest BCUT2D eigenvalue weighted by Gasteiger charge is 2.20. The third-order valence-electron chi connectivity index (χ3n) is 3.56. The van der Waals surface area contributed by atoms with Gasteiger partial charge in [-0.25, -0.2) is 0 Å². The second kappa shape index (κ2) is 6.41. The number of benzene rings is 1. The fourth-order valence-electron chi connectivity index (χ4n) is 2.36. The molecule has 108 valence electrons. The first-order chi connectivity index (χ1) is 9.61. The fourth-order valence-corrected chi connectivity index (χ4v) is 2.36. The Kier molecular flexibility index (Phi) is 4.61. The lowest BCUT2D eigenvalue weighted by Crippen LogP contribution is -2.48. The van der Waals surface area contributed by atoms with Crippen LogP contribution in [0.5, 0.6) is 0 Å². The van der Waals surface area contributed by atoms with E-state index in [2.05, 4.69) is 10.2 Å². The van der Waals surface area contributed by atoms with Crippen molar-refractivity contribution in [3.05, 3.63) is 24.3 Å². The van der Waals surface area contributed by atoms with Crippen molar-refractivity contribution in [2.75, 3.05) is 36.4 Å². The zero-order chi connectivity index (χ0) is 14.5. The molecule has 2 amide bonds. The van der Waals surface area contributed by atoms with E-state index in [1.165, 1.54) is 0 Å². The van der Waals surface area contributed by atoms with Crippen LogP contribution in [0.15, 0.2) is 24.3 Å². The summed E-state index contributed by atoms with van der Waals surface area (Å²) >= 11 is 0. The van der Waals surface area contributed by atoms with Gasteiger partial charge in [0.1, 0.15) is 0 Å². The number of carbonyl (C=O) groups is 2. The van der Waals surface area contributed by atoms with Gasteiger partial charge in [0, 0.05) is 39.5 Å². The molecule has 1 fully saturated rings. The molecule has 20 heavy (non-hydrogen) atoms. The van der Waals surface area contributed by atoms with Crippen LogP contribution in [-0.2, 0) is 9.59 Å². The lowest BCUT2D eigenvalue weighted by Gasteiger charge is -2.36. The molecule has 0 saturated carbocycles. The number of hydrogen-bond acceptors (Lipinski definition) is 3. The van der Waals surface area contributed by atoms with E-state index in [1.54, 1.807) is 6.92 Å². The Hall–Kier alpha value is -2.04. The predicted molar refractivity (Wildman–Crippen MR) is 79.8 cm³/mol. The minimum atomic E-state index is 0.0137. The highest BCUT2D eigenvalue weighted by molar-refractivity contribution is 5.94. The maximum absolute atomic E-state index is 11.6.